The Bertz CT molecular complexity index is 796. The second-order valence-electron chi connectivity index (χ2n) is 7.25. The van der Waals surface area contributed by atoms with Gasteiger partial charge in [-0.25, -0.2) is 4.39 Å². The predicted octanol–water partition coefficient (Wildman–Crippen LogP) is 0.837. The first kappa shape index (κ1) is 19.0. The molecule has 0 bridgehead atoms. The Hall–Kier alpha value is -2.35. The largest absolute Gasteiger partial charge is 0.454 e. The van der Waals surface area contributed by atoms with Crippen LogP contribution < -0.4 is 19.3 Å². The highest BCUT2D eigenvalue weighted by Crippen LogP contribution is 2.32. The lowest BCUT2D eigenvalue weighted by Gasteiger charge is -2.34. The van der Waals surface area contributed by atoms with E-state index in [4.69, 9.17) is 14.2 Å². The van der Waals surface area contributed by atoms with Crippen LogP contribution in [0.25, 0.3) is 0 Å². The Kier molecular flexibility index (Phi) is 5.95. The summed E-state index contributed by atoms with van der Waals surface area (Å²) in [5.41, 5.74) is 1.65. The molecule has 2 aromatic carbocycles. The number of hydrogen-bond acceptors (Lipinski definition) is 5. The fourth-order valence-corrected chi connectivity index (χ4v) is 3.71. The number of piperazine rings is 1. The maximum Gasteiger partial charge on any atom is 0.231 e. The molecule has 0 unspecified atom stereocenters. The minimum absolute atomic E-state index is 0.178. The third kappa shape index (κ3) is 4.55. The summed E-state index contributed by atoms with van der Waals surface area (Å²) < 4.78 is 30.2. The van der Waals surface area contributed by atoms with Crippen LogP contribution in [0.4, 0.5) is 10.1 Å². The molecule has 0 aliphatic carbocycles. The Balaban J connectivity index is 1.18. The summed E-state index contributed by atoms with van der Waals surface area (Å²) in [6, 6.07) is 12.6. The highest BCUT2D eigenvalue weighted by molar-refractivity contribution is 5.47. The van der Waals surface area contributed by atoms with E-state index in [-0.39, 0.29) is 19.2 Å². The Morgan fingerprint density at radius 3 is 2.71 bits per heavy atom. The number of rotatable bonds is 7. The van der Waals surface area contributed by atoms with E-state index in [9.17, 15) is 9.50 Å². The summed E-state index contributed by atoms with van der Waals surface area (Å²) in [6.45, 7) is 4.89. The van der Waals surface area contributed by atoms with Gasteiger partial charge in [-0.05, 0) is 29.8 Å². The van der Waals surface area contributed by atoms with E-state index in [0.29, 0.717) is 18.8 Å². The van der Waals surface area contributed by atoms with Gasteiger partial charge in [0.05, 0.1) is 45.1 Å². The van der Waals surface area contributed by atoms with Gasteiger partial charge < -0.3 is 29.1 Å². The van der Waals surface area contributed by atoms with Gasteiger partial charge in [-0.3, -0.25) is 0 Å². The zero-order chi connectivity index (χ0) is 19.3. The molecule has 0 radical (unpaired) electrons. The molecular weight excluding hydrogens is 363 g/mol. The Morgan fingerprint density at radius 2 is 1.89 bits per heavy atom. The molecule has 7 heteroatoms. The second-order valence-corrected chi connectivity index (χ2v) is 7.25. The summed E-state index contributed by atoms with van der Waals surface area (Å²) in [7, 11) is 0. The van der Waals surface area contributed by atoms with Crippen molar-refractivity contribution in [3.63, 3.8) is 0 Å². The summed E-state index contributed by atoms with van der Waals surface area (Å²) >= 11 is 0. The van der Waals surface area contributed by atoms with Crippen LogP contribution in [0.3, 0.4) is 0 Å². The summed E-state index contributed by atoms with van der Waals surface area (Å²) in [5.74, 6) is 1.31. The smallest absolute Gasteiger partial charge is 0.231 e. The standard InChI is InChI=1S/C21H25FN2O4/c22-18-3-1-2-4-19(18)24-9-7-23(8-10-24)12-17(25)14-26-13-16-5-6-20-21(11-16)28-15-27-20/h1-6,11,17,25H,7-10,12-15H2/p+1/t17-/m1/s1. The van der Waals surface area contributed by atoms with Crippen molar-refractivity contribution in [2.75, 3.05) is 51.0 Å². The maximum atomic E-state index is 13.9. The first-order chi connectivity index (χ1) is 13.7. The van der Waals surface area contributed by atoms with Crippen molar-refractivity contribution < 1.29 is 28.6 Å². The number of quaternary nitrogens is 1. The lowest BCUT2D eigenvalue weighted by atomic mass is 10.2. The van der Waals surface area contributed by atoms with Crippen molar-refractivity contribution in [1.29, 1.82) is 0 Å². The zero-order valence-corrected chi connectivity index (χ0v) is 15.8. The SMILES string of the molecule is O[C@@H](COCc1ccc2c(c1)OCO2)C[NH+]1CCN(c2ccccc2F)CC1. The van der Waals surface area contributed by atoms with Gasteiger partial charge in [0.15, 0.2) is 11.5 Å². The Labute approximate surface area is 164 Å². The van der Waals surface area contributed by atoms with Crippen LogP contribution >= 0.6 is 0 Å². The molecule has 1 saturated heterocycles. The molecule has 1 atom stereocenters. The van der Waals surface area contributed by atoms with Crippen molar-refractivity contribution in [2.45, 2.75) is 12.7 Å². The molecule has 0 amide bonds. The van der Waals surface area contributed by atoms with Crippen LogP contribution in [-0.4, -0.2) is 57.3 Å². The molecule has 28 heavy (non-hydrogen) atoms. The molecule has 0 aromatic heterocycles. The molecule has 150 valence electrons. The minimum Gasteiger partial charge on any atom is -0.454 e. The van der Waals surface area contributed by atoms with Crippen LogP contribution in [-0.2, 0) is 11.3 Å². The number of anilines is 1. The number of benzene rings is 2. The predicted molar refractivity (Wildman–Crippen MR) is 102 cm³/mol. The molecule has 2 aromatic rings. The highest BCUT2D eigenvalue weighted by Gasteiger charge is 2.24. The third-order valence-electron chi connectivity index (χ3n) is 5.20. The number of para-hydroxylation sites is 1. The maximum absolute atomic E-state index is 13.9. The van der Waals surface area contributed by atoms with Gasteiger partial charge in [0.2, 0.25) is 6.79 Å². The first-order valence-corrected chi connectivity index (χ1v) is 9.66. The van der Waals surface area contributed by atoms with Crippen LogP contribution in [0, 0.1) is 5.82 Å². The quantitative estimate of drug-likeness (QED) is 0.735. The fraction of sp³-hybridized carbons (Fsp3) is 0.429. The van der Waals surface area contributed by atoms with E-state index in [2.05, 4.69) is 4.90 Å². The average molecular weight is 389 g/mol. The van der Waals surface area contributed by atoms with Crippen molar-refractivity contribution in [2.24, 2.45) is 0 Å². The van der Waals surface area contributed by atoms with Crippen molar-refractivity contribution in [3.05, 3.63) is 53.8 Å². The fourth-order valence-electron chi connectivity index (χ4n) is 3.71. The molecule has 1 fully saturated rings. The number of ether oxygens (including phenoxy) is 3. The summed E-state index contributed by atoms with van der Waals surface area (Å²) in [4.78, 5) is 3.38. The third-order valence-corrected chi connectivity index (χ3v) is 5.20. The first-order valence-electron chi connectivity index (χ1n) is 9.66. The molecule has 6 nitrogen and oxygen atoms in total. The number of hydrogen-bond donors (Lipinski definition) is 2. The van der Waals surface area contributed by atoms with Gasteiger partial charge in [0, 0.05) is 0 Å². The number of nitrogens with one attached hydrogen (secondary N) is 1. The van der Waals surface area contributed by atoms with Crippen LogP contribution in [0.1, 0.15) is 5.56 Å². The number of halogens is 1. The van der Waals surface area contributed by atoms with E-state index >= 15 is 0 Å². The molecule has 2 aliphatic rings. The number of fused-ring (bicyclic) bond motifs is 1. The van der Waals surface area contributed by atoms with E-state index < -0.39 is 6.10 Å². The van der Waals surface area contributed by atoms with E-state index in [0.717, 1.165) is 43.2 Å². The van der Waals surface area contributed by atoms with Gasteiger partial charge >= 0.3 is 0 Å². The normalized spacial score (nSPS) is 17.7. The molecule has 2 aliphatic heterocycles. The van der Waals surface area contributed by atoms with Crippen LogP contribution in [0.2, 0.25) is 0 Å². The molecule has 2 N–H and O–H groups in total. The number of aliphatic hydroxyl groups is 1. The lowest BCUT2D eigenvalue weighted by Crippen LogP contribution is -3.16. The van der Waals surface area contributed by atoms with Gasteiger partial charge in [-0.15, -0.1) is 0 Å². The molecule has 0 saturated carbocycles. The molecular formula is C21H26FN2O4+. The average Bonchev–Trinajstić information content (AvgIpc) is 3.17. The van der Waals surface area contributed by atoms with Crippen LogP contribution in [0.5, 0.6) is 11.5 Å². The van der Waals surface area contributed by atoms with E-state index in [1.165, 1.54) is 11.0 Å². The summed E-state index contributed by atoms with van der Waals surface area (Å²) in [5, 5.41) is 10.3. The lowest BCUT2D eigenvalue weighted by molar-refractivity contribution is -0.903. The second kappa shape index (κ2) is 8.77. The molecule has 0 spiro atoms. The Morgan fingerprint density at radius 1 is 1.11 bits per heavy atom. The van der Waals surface area contributed by atoms with Gasteiger partial charge in [-0.1, -0.05) is 18.2 Å². The molecule has 2 heterocycles. The van der Waals surface area contributed by atoms with Crippen molar-refractivity contribution >= 4 is 5.69 Å². The zero-order valence-electron chi connectivity index (χ0n) is 15.8. The number of aliphatic hydroxyl groups excluding tert-OH is 1. The minimum atomic E-state index is -0.524. The van der Waals surface area contributed by atoms with Crippen molar-refractivity contribution in [1.82, 2.24) is 0 Å². The van der Waals surface area contributed by atoms with Gasteiger partial charge in [-0.2, -0.15) is 0 Å². The van der Waals surface area contributed by atoms with E-state index in [1.807, 2.05) is 30.3 Å². The van der Waals surface area contributed by atoms with Crippen LogP contribution in [0.15, 0.2) is 42.5 Å². The topological polar surface area (TPSA) is 55.6 Å². The van der Waals surface area contributed by atoms with E-state index in [1.54, 1.807) is 6.07 Å². The monoisotopic (exact) mass is 389 g/mol. The highest BCUT2D eigenvalue weighted by atomic mass is 19.1. The van der Waals surface area contributed by atoms with Gasteiger partial charge in [0.1, 0.15) is 18.5 Å². The number of nitrogens with zero attached hydrogens (tertiary/aromatic N) is 1. The molecule has 4 rings (SSSR count). The van der Waals surface area contributed by atoms with Gasteiger partial charge in [0.25, 0.3) is 0 Å². The summed E-state index contributed by atoms with van der Waals surface area (Å²) in [6.07, 6.45) is -0.524. The van der Waals surface area contributed by atoms with Crippen molar-refractivity contribution in [3.8, 4) is 11.5 Å².